The highest BCUT2D eigenvalue weighted by Crippen LogP contribution is 2.32. The van der Waals surface area contributed by atoms with Gasteiger partial charge in [0.05, 0.1) is 4.91 Å². The molecule has 5 heteroatoms. The molecule has 24 heavy (non-hydrogen) atoms. The predicted molar refractivity (Wildman–Crippen MR) is 103 cm³/mol. The second-order valence-corrected chi connectivity index (χ2v) is 6.95. The first-order chi connectivity index (χ1) is 11.7. The van der Waals surface area contributed by atoms with E-state index in [4.69, 9.17) is 17.0 Å². The van der Waals surface area contributed by atoms with Crippen molar-refractivity contribution in [3.8, 4) is 5.75 Å². The van der Waals surface area contributed by atoms with E-state index in [1.807, 2.05) is 67.6 Å². The number of rotatable bonds is 5. The largest absolute Gasteiger partial charge is 0.489 e. The minimum Gasteiger partial charge on any atom is -0.489 e. The Labute approximate surface area is 151 Å². The van der Waals surface area contributed by atoms with E-state index < -0.39 is 0 Å². The van der Waals surface area contributed by atoms with Crippen LogP contribution in [0.1, 0.15) is 18.1 Å². The highest BCUT2D eigenvalue weighted by atomic mass is 32.2. The normalized spacial score (nSPS) is 16.0. The van der Waals surface area contributed by atoms with Crippen LogP contribution in [-0.4, -0.2) is 21.7 Å². The van der Waals surface area contributed by atoms with Crippen LogP contribution in [-0.2, 0) is 11.4 Å². The summed E-state index contributed by atoms with van der Waals surface area (Å²) in [5.74, 6) is 0.786. The number of nitrogens with zero attached hydrogens (tertiary/aromatic N) is 1. The summed E-state index contributed by atoms with van der Waals surface area (Å²) < 4.78 is 6.39. The monoisotopic (exact) mass is 355 g/mol. The minimum atomic E-state index is -0.0168. The fourth-order valence-corrected chi connectivity index (χ4v) is 3.71. The van der Waals surface area contributed by atoms with Crippen molar-refractivity contribution in [3.63, 3.8) is 0 Å². The molecule has 1 fully saturated rings. The number of thioether (sulfide) groups is 1. The maximum absolute atomic E-state index is 12.2. The van der Waals surface area contributed by atoms with Crippen LogP contribution in [0.2, 0.25) is 0 Å². The number of amides is 1. The SMILES string of the molecule is CCN1C(=O)/C(=C/c2ccc(OCc3ccccc3)cc2)SC1=S. The molecule has 2 aromatic carbocycles. The average molecular weight is 355 g/mol. The highest BCUT2D eigenvalue weighted by Gasteiger charge is 2.30. The zero-order valence-corrected chi connectivity index (χ0v) is 14.9. The fraction of sp³-hybridized carbons (Fsp3) is 0.158. The smallest absolute Gasteiger partial charge is 0.266 e. The first-order valence-corrected chi connectivity index (χ1v) is 8.92. The predicted octanol–water partition coefficient (Wildman–Crippen LogP) is 4.49. The molecule has 3 nitrogen and oxygen atoms in total. The van der Waals surface area contributed by atoms with Gasteiger partial charge < -0.3 is 4.74 Å². The average Bonchev–Trinajstić information content (AvgIpc) is 2.88. The van der Waals surface area contributed by atoms with Gasteiger partial charge in [-0.2, -0.15) is 0 Å². The van der Waals surface area contributed by atoms with Crippen LogP contribution < -0.4 is 4.74 Å². The minimum absolute atomic E-state index is 0.0168. The van der Waals surface area contributed by atoms with Crippen molar-refractivity contribution < 1.29 is 9.53 Å². The Morgan fingerprint density at radius 1 is 1.12 bits per heavy atom. The number of carbonyl (C=O) groups is 1. The summed E-state index contributed by atoms with van der Waals surface area (Å²) in [6.07, 6.45) is 1.87. The molecule has 1 aliphatic rings. The number of likely N-dealkylation sites (N-methyl/N-ethyl adjacent to an activating group) is 1. The van der Waals surface area contributed by atoms with Crippen molar-refractivity contribution >= 4 is 40.3 Å². The number of carbonyl (C=O) groups excluding carboxylic acids is 1. The topological polar surface area (TPSA) is 29.5 Å². The fourth-order valence-electron chi connectivity index (χ4n) is 2.33. The zero-order chi connectivity index (χ0) is 16.9. The van der Waals surface area contributed by atoms with Gasteiger partial charge in [-0.05, 0) is 36.3 Å². The molecule has 0 saturated carbocycles. The van der Waals surface area contributed by atoms with Gasteiger partial charge in [0.25, 0.3) is 5.91 Å². The van der Waals surface area contributed by atoms with Gasteiger partial charge in [0.2, 0.25) is 0 Å². The van der Waals surface area contributed by atoms with Gasteiger partial charge >= 0.3 is 0 Å². The Morgan fingerprint density at radius 3 is 2.46 bits per heavy atom. The van der Waals surface area contributed by atoms with E-state index in [0.29, 0.717) is 22.4 Å². The molecule has 0 atom stereocenters. The maximum Gasteiger partial charge on any atom is 0.266 e. The number of hydrogen-bond donors (Lipinski definition) is 0. The summed E-state index contributed by atoms with van der Waals surface area (Å²) >= 11 is 6.57. The van der Waals surface area contributed by atoms with Crippen LogP contribution in [0.15, 0.2) is 59.5 Å². The summed E-state index contributed by atoms with van der Waals surface area (Å²) in [6.45, 7) is 3.07. The standard InChI is InChI=1S/C19H17NO2S2/c1-2-20-18(21)17(24-19(20)23)12-14-8-10-16(11-9-14)22-13-15-6-4-3-5-7-15/h3-12H,2,13H2,1H3/b17-12-. The van der Waals surface area contributed by atoms with Crippen LogP contribution in [0.3, 0.4) is 0 Å². The van der Waals surface area contributed by atoms with Crippen molar-refractivity contribution in [2.45, 2.75) is 13.5 Å². The maximum atomic E-state index is 12.2. The lowest BCUT2D eigenvalue weighted by atomic mass is 10.2. The molecule has 0 spiro atoms. The van der Waals surface area contributed by atoms with Crippen molar-refractivity contribution in [2.24, 2.45) is 0 Å². The Hall–Kier alpha value is -2.11. The third-order valence-electron chi connectivity index (χ3n) is 3.62. The van der Waals surface area contributed by atoms with Crippen LogP contribution in [0.5, 0.6) is 5.75 Å². The van der Waals surface area contributed by atoms with Crippen molar-refractivity contribution in [2.75, 3.05) is 6.54 Å². The van der Waals surface area contributed by atoms with Gasteiger partial charge in [-0.3, -0.25) is 9.69 Å². The molecule has 1 heterocycles. The third-order valence-corrected chi connectivity index (χ3v) is 4.99. The molecular weight excluding hydrogens is 338 g/mol. The summed E-state index contributed by atoms with van der Waals surface area (Å²) in [6, 6.07) is 17.7. The molecule has 0 aromatic heterocycles. The number of hydrogen-bond acceptors (Lipinski definition) is 4. The van der Waals surface area contributed by atoms with Crippen molar-refractivity contribution in [1.29, 1.82) is 0 Å². The lowest BCUT2D eigenvalue weighted by molar-refractivity contribution is -0.121. The first kappa shape index (κ1) is 16.7. The number of thiocarbonyl (C=S) groups is 1. The van der Waals surface area contributed by atoms with Crippen LogP contribution in [0.4, 0.5) is 0 Å². The van der Waals surface area contributed by atoms with E-state index in [9.17, 15) is 4.79 Å². The molecule has 0 unspecified atom stereocenters. The van der Waals surface area contributed by atoms with Gasteiger partial charge in [-0.1, -0.05) is 66.4 Å². The lowest BCUT2D eigenvalue weighted by Crippen LogP contribution is -2.27. The van der Waals surface area contributed by atoms with E-state index >= 15 is 0 Å². The molecule has 1 aliphatic heterocycles. The van der Waals surface area contributed by atoms with Crippen molar-refractivity contribution in [3.05, 3.63) is 70.6 Å². The third kappa shape index (κ3) is 3.86. The summed E-state index contributed by atoms with van der Waals surface area (Å²) in [5.41, 5.74) is 2.09. The molecule has 122 valence electrons. The van der Waals surface area contributed by atoms with Crippen molar-refractivity contribution in [1.82, 2.24) is 4.90 Å². The van der Waals surface area contributed by atoms with Gasteiger partial charge in [0, 0.05) is 6.54 Å². The zero-order valence-electron chi connectivity index (χ0n) is 13.3. The number of benzene rings is 2. The Balaban J connectivity index is 1.66. The number of ether oxygens (including phenoxy) is 1. The molecule has 1 amide bonds. The van der Waals surface area contributed by atoms with E-state index in [1.165, 1.54) is 11.8 Å². The van der Waals surface area contributed by atoms with E-state index in [-0.39, 0.29) is 5.91 Å². The van der Waals surface area contributed by atoms with Gasteiger partial charge in [-0.25, -0.2) is 0 Å². The van der Waals surface area contributed by atoms with Crippen LogP contribution >= 0.6 is 24.0 Å². The van der Waals surface area contributed by atoms with Gasteiger partial charge in [0.1, 0.15) is 16.7 Å². The van der Waals surface area contributed by atoms with E-state index in [1.54, 1.807) is 4.90 Å². The quantitative estimate of drug-likeness (QED) is 0.584. The molecular formula is C19H17NO2S2. The van der Waals surface area contributed by atoms with Crippen LogP contribution in [0, 0.1) is 0 Å². The Bertz CT molecular complexity index is 770. The second-order valence-electron chi connectivity index (χ2n) is 5.27. The molecule has 0 radical (unpaired) electrons. The Morgan fingerprint density at radius 2 is 1.83 bits per heavy atom. The molecule has 1 saturated heterocycles. The highest BCUT2D eigenvalue weighted by molar-refractivity contribution is 8.26. The molecule has 0 aliphatic carbocycles. The first-order valence-electron chi connectivity index (χ1n) is 7.69. The Kier molecular flexibility index (Phi) is 5.33. The summed E-state index contributed by atoms with van der Waals surface area (Å²) in [7, 11) is 0. The molecule has 3 rings (SSSR count). The summed E-state index contributed by atoms with van der Waals surface area (Å²) in [5, 5.41) is 0. The van der Waals surface area contributed by atoms with E-state index in [0.717, 1.165) is 16.9 Å². The molecule has 0 bridgehead atoms. The molecule has 0 N–H and O–H groups in total. The lowest BCUT2D eigenvalue weighted by Gasteiger charge is -2.09. The van der Waals surface area contributed by atoms with Gasteiger partial charge in [0.15, 0.2) is 0 Å². The summed E-state index contributed by atoms with van der Waals surface area (Å²) in [4.78, 5) is 14.5. The molecule has 2 aromatic rings. The van der Waals surface area contributed by atoms with Gasteiger partial charge in [-0.15, -0.1) is 0 Å². The second kappa shape index (κ2) is 7.64. The van der Waals surface area contributed by atoms with Crippen LogP contribution in [0.25, 0.3) is 6.08 Å². The van der Waals surface area contributed by atoms with E-state index in [2.05, 4.69) is 0 Å².